The van der Waals surface area contributed by atoms with E-state index in [0.717, 1.165) is 4.99 Å². The molecule has 1 fully saturated rings. The van der Waals surface area contributed by atoms with Crippen LogP contribution in [0.25, 0.3) is 0 Å². The molecule has 3 heteroatoms. The van der Waals surface area contributed by atoms with E-state index < -0.39 is 0 Å². The third-order valence-corrected chi connectivity index (χ3v) is 4.67. The lowest BCUT2D eigenvalue weighted by molar-refractivity contribution is 0.0757. The molecule has 1 aliphatic heterocycles. The zero-order valence-electron chi connectivity index (χ0n) is 12.5. The summed E-state index contributed by atoms with van der Waals surface area (Å²) < 4.78 is 0. The zero-order valence-corrected chi connectivity index (χ0v) is 13.3. The molecule has 1 aromatic rings. The van der Waals surface area contributed by atoms with Crippen LogP contribution in [0.15, 0.2) is 30.3 Å². The summed E-state index contributed by atoms with van der Waals surface area (Å²) in [6.07, 6.45) is 0. The summed E-state index contributed by atoms with van der Waals surface area (Å²) in [5.41, 5.74) is 1.55. The lowest BCUT2D eigenvalue weighted by Gasteiger charge is -2.56. The van der Waals surface area contributed by atoms with Gasteiger partial charge in [-0.05, 0) is 18.0 Å². The average Bonchev–Trinajstić information content (AvgIpc) is 2.37. The van der Waals surface area contributed by atoms with Gasteiger partial charge in [0, 0.05) is 25.0 Å². The van der Waals surface area contributed by atoms with E-state index in [9.17, 15) is 0 Å². The molecule has 19 heavy (non-hydrogen) atoms. The van der Waals surface area contributed by atoms with Gasteiger partial charge in [0.15, 0.2) is 0 Å². The van der Waals surface area contributed by atoms with Crippen molar-refractivity contribution >= 4 is 17.2 Å². The molecule has 0 bridgehead atoms. The molecule has 1 N–H and O–H groups in total. The predicted octanol–water partition coefficient (Wildman–Crippen LogP) is 3.25. The fourth-order valence-electron chi connectivity index (χ4n) is 3.32. The molecule has 104 valence electrons. The first-order valence-corrected chi connectivity index (χ1v) is 7.27. The number of hydrogen-bond donors (Lipinski definition) is 1. The highest BCUT2D eigenvalue weighted by molar-refractivity contribution is 7.80. The van der Waals surface area contributed by atoms with Gasteiger partial charge in [-0.3, -0.25) is 0 Å². The number of rotatable bonds is 3. The topological polar surface area (TPSA) is 15.3 Å². The monoisotopic (exact) mass is 276 g/mol. The van der Waals surface area contributed by atoms with Gasteiger partial charge < -0.3 is 10.2 Å². The van der Waals surface area contributed by atoms with Crippen LogP contribution in [0, 0.1) is 11.3 Å². The van der Waals surface area contributed by atoms with Crippen molar-refractivity contribution in [1.29, 1.82) is 0 Å². The second-order valence-electron chi connectivity index (χ2n) is 6.46. The van der Waals surface area contributed by atoms with E-state index in [1.165, 1.54) is 5.56 Å². The summed E-state index contributed by atoms with van der Waals surface area (Å²) in [6.45, 7) is 6.88. The van der Waals surface area contributed by atoms with Crippen molar-refractivity contribution in [2.45, 2.75) is 32.9 Å². The zero-order chi connectivity index (χ0) is 14.2. The molecule has 1 aliphatic rings. The average molecular weight is 276 g/mol. The minimum atomic E-state index is 0.228. The van der Waals surface area contributed by atoms with Crippen LogP contribution in [0.1, 0.15) is 32.4 Å². The molecule has 1 saturated heterocycles. The molecule has 0 saturated carbocycles. The fraction of sp³-hybridized carbons (Fsp3) is 0.562. The Labute approximate surface area is 122 Å². The predicted molar refractivity (Wildman–Crippen MR) is 85.3 cm³/mol. The highest BCUT2D eigenvalue weighted by atomic mass is 32.1. The van der Waals surface area contributed by atoms with Crippen LogP contribution in [0.2, 0.25) is 0 Å². The Morgan fingerprint density at radius 1 is 1.21 bits per heavy atom. The van der Waals surface area contributed by atoms with Gasteiger partial charge in [-0.2, -0.15) is 0 Å². The molecule has 0 unspecified atom stereocenters. The first-order chi connectivity index (χ1) is 8.88. The van der Waals surface area contributed by atoms with Crippen LogP contribution in [-0.4, -0.2) is 30.0 Å². The van der Waals surface area contributed by atoms with E-state index in [1.807, 2.05) is 7.05 Å². The summed E-state index contributed by atoms with van der Waals surface area (Å²) in [4.78, 5) is 3.33. The van der Waals surface area contributed by atoms with Crippen molar-refractivity contribution in [3.63, 3.8) is 0 Å². The molecule has 2 nitrogen and oxygen atoms in total. The molecule has 0 amide bonds. The highest BCUT2D eigenvalue weighted by Crippen LogP contribution is 2.44. The summed E-state index contributed by atoms with van der Waals surface area (Å²) in [5.74, 6) is 0.396. The minimum Gasteiger partial charge on any atom is -0.365 e. The van der Waals surface area contributed by atoms with E-state index in [1.54, 1.807) is 0 Å². The fourth-order valence-corrected chi connectivity index (χ4v) is 3.70. The van der Waals surface area contributed by atoms with E-state index >= 15 is 0 Å². The van der Waals surface area contributed by atoms with Gasteiger partial charge in [-0.1, -0.05) is 63.3 Å². The van der Waals surface area contributed by atoms with Crippen LogP contribution in [0.3, 0.4) is 0 Å². The highest BCUT2D eigenvalue weighted by Gasteiger charge is 2.51. The second-order valence-corrected chi connectivity index (χ2v) is 6.88. The third kappa shape index (κ3) is 2.54. The summed E-state index contributed by atoms with van der Waals surface area (Å²) in [6, 6.07) is 11.4. The number of thiocarbonyl (C=S) groups is 1. The molecule has 2 rings (SSSR count). The Hall–Kier alpha value is -0.930. The van der Waals surface area contributed by atoms with E-state index in [2.05, 4.69) is 68.4 Å². The number of benzene rings is 1. The molecular weight excluding hydrogens is 252 g/mol. The van der Waals surface area contributed by atoms with Gasteiger partial charge in [0.25, 0.3) is 0 Å². The number of nitrogens with zero attached hydrogens (tertiary/aromatic N) is 1. The number of nitrogens with one attached hydrogen (secondary N) is 1. The van der Waals surface area contributed by atoms with Crippen LogP contribution in [0.5, 0.6) is 0 Å². The van der Waals surface area contributed by atoms with Gasteiger partial charge in [-0.15, -0.1) is 0 Å². The van der Waals surface area contributed by atoms with Gasteiger partial charge in [0.2, 0.25) is 0 Å². The van der Waals surface area contributed by atoms with Crippen LogP contribution >= 0.6 is 12.2 Å². The standard InChI is InChI=1S/C16H24N2S/c1-16(2,3)14-12(15(19)18(14)5)13(17-4)11-9-7-6-8-10-11/h6-10,12-14,17H,1-5H3/t12-,13+,14+/m1/s1. The summed E-state index contributed by atoms with van der Waals surface area (Å²) >= 11 is 5.60. The summed E-state index contributed by atoms with van der Waals surface area (Å²) in [5, 5.41) is 3.46. The molecule has 0 aromatic heterocycles. The molecular formula is C16H24N2S. The van der Waals surface area contributed by atoms with E-state index in [4.69, 9.17) is 12.2 Å². The maximum Gasteiger partial charge on any atom is 0.0851 e. The Kier molecular flexibility index (Phi) is 3.98. The Balaban J connectivity index is 2.30. The van der Waals surface area contributed by atoms with Crippen LogP contribution in [-0.2, 0) is 0 Å². The third-order valence-electron chi connectivity index (χ3n) is 4.11. The number of hydrogen-bond acceptors (Lipinski definition) is 2. The van der Waals surface area contributed by atoms with Gasteiger partial charge >= 0.3 is 0 Å². The Bertz CT molecular complexity index is 450. The Morgan fingerprint density at radius 2 is 1.79 bits per heavy atom. The van der Waals surface area contributed by atoms with Crippen molar-refractivity contribution in [3.8, 4) is 0 Å². The molecule has 3 atom stereocenters. The van der Waals surface area contributed by atoms with Crippen LogP contribution in [0.4, 0.5) is 0 Å². The van der Waals surface area contributed by atoms with E-state index in [-0.39, 0.29) is 5.41 Å². The van der Waals surface area contributed by atoms with Gasteiger partial charge in [0.1, 0.15) is 0 Å². The largest absolute Gasteiger partial charge is 0.365 e. The molecule has 1 heterocycles. The summed E-state index contributed by atoms with van der Waals surface area (Å²) in [7, 11) is 4.14. The van der Waals surface area contributed by atoms with E-state index in [0.29, 0.717) is 18.0 Å². The lowest BCUT2D eigenvalue weighted by Crippen LogP contribution is -2.66. The molecule has 0 spiro atoms. The Morgan fingerprint density at radius 3 is 2.26 bits per heavy atom. The quantitative estimate of drug-likeness (QED) is 0.853. The maximum absolute atomic E-state index is 5.60. The van der Waals surface area contributed by atoms with Gasteiger partial charge in [-0.25, -0.2) is 0 Å². The van der Waals surface area contributed by atoms with Crippen molar-refractivity contribution in [2.75, 3.05) is 14.1 Å². The van der Waals surface area contributed by atoms with Crippen molar-refractivity contribution in [3.05, 3.63) is 35.9 Å². The first kappa shape index (κ1) is 14.5. The normalized spacial score (nSPS) is 25.1. The minimum absolute atomic E-state index is 0.228. The first-order valence-electron chi connectivity index (χ1n) is 6.87. The smallest absolute Gasteiger partial charge is 0.0851 e. The van der Waals surface area contributed by atoms with Crippen molar-refractivity contribution in [1.82, 2.24) is 10.2 Å². The SMILES string of the molecule is CN[C@@H](c1ccccc1)[C@H]1C(=S)N(C)[C@@H]1C(C)(C)C. The molecule has 1 aromatic carbocycles. The van der Waals surface area contributed by atoms with Crippen molar-refractivity contribution in [2.24, 2.45) is 11.3 Å². The molecule has 0 aliphatic carbocycles. The lowest BCUT2D eigenvalue weighted by atomic mass is 9.68. The van der Waals surface area contributed by atoms with Gasteiger partial charge in [0.05, 0.1) is 4.99 Å². The molecule has 0 radical (unpaired) electrons. The number of likely N-dealkylation sites (tertiary alicyclic amines) is 1. The van der Waals surface area contributed by atoms with Crippen LogP contribution < -0.4 is 5.32 Å². The second kappa shape index (κ2) is 5.22. The maximum atomic E-state index is 5.60. The van der Waals surface area contributed by atoms with Crippen molar-refractivity contribution < 1.29 is 0 Å².